The van der Waals surface area contributed by atoms with E-state index in [-0.39, 0.29) is 0 Å². The molecule has 0 unspecified atom stereocenters. The number of rotatable bonds is 5. The molecular weight excluding hydrogens is 312 g/mol. The Labute approximate surface area is 148 Å². The summed E-state index contributed by atoms with van der Waals surface area (Å²) in [5, 5.41) is 8.83. The largest absolute Gasteiger partial charge is 0.352 e. The third-order valence-corrected chi connectivity index (χ3v) is 5.95. The molecular formula is C19H26N6. The quantitative estimate of drug-likeness (QED) is 0.837. The van der Waals surface area contributed by atoms with Gasteiger partial charge in [-0.3, -0.25) is 4.90 Å². The number of nitrogens with zero attached hydrogens (tertiary/aromatic N) is 6. The van der Waals surface area contributed by atoms with E-state index in [1.807, 2.05) is 0 Å². The third kappa shape index (κ3) is 2.92. The van der Waals surface area contributed by atoms with Gasteiger partial charge in [0.2, 0.25) is 0 Å². The van der Waals surface area contributed by atoms with Gasteiger partial charge in [-0.2, -0.15) is 5.10 Å². The van der Waals surface area contributed by atoms with Gasteiger partial charge < -0.3 is 9.47 Å². The zero-order chi connectivity index (χ0) is 16.8. The summed E-state index contributed by atoms with van der Waals surface area (Å²) in [6.45, 7) is 4.13. The summed E-state index contributed by atoms with van der Waals surface area (Å²) >= 11 is 0. The number of imidazole rings is 1. The number of aromatic nitrogens is 4. The van der Waals surface area contributed by atoms with Crippen LogP contribution in [0.1, 0.15) is 48.8 Å². The molecule has 1 saturated carbocycles. The highest BCUT2D eigenvalue weighted by molar-refractivity contribution is 5.42. The van der Waals surface area contributed by atoms with Crippen LogP contribution in [-0.2, 0) is 19.5 Å². The van der Waals surface area contributed by atoms with Crippen molar-refractivity contribution < 1.29 is 0 Å². The van der Waals surface area contributed by atoms with Crippen molar-refractivity contribution >= 4 is 5.82 Å². The lowest BCUT2D eigenvalue weighted by atomic mass is 10.1. The van der Waals surface area contributed by atoms with Gasteiger partial charge in [0, 0.05) is 43.5 Å². The third-order valence-electron chi connectivity index (χ3n) is 5.95. The van der Waals surface area contributed by atoms with E-state index >= 15 is 0 Å². The average Bonchev–Trinajstić information content (AvgIpc) is 3.37. The molecule has 6 nitrogen and oxygen atoms in total. The summed E-state index contributed by atoms with van der Waals surface area (Å²) in [5.41, 5.74) is 2.58. The van der Waals surface area contributed by atoms with E-state index < -0.39 is 0 Å². The van der Waals surface area contributed by atoms with Crippen molar-refractivity contribution in [3.05, 3.63) is 35.5 Å². The molecule has 0 N–H and O–H groups in total. The van der Waals surface area contributed by atoms with Crippen LogP contribution in [0.3, 0.4) is 0 Å². The van der Waals surface area contributed by atoms with Gasteiger partial charge in [-0.15, -0.1) is 5.10 Å². The normalized spacial score (nSPS) is 20.6. The number of fused-ring (bicyclic) bond motifs is 1. The summed E-state index contributed by atoms with van der Waals surface area (Å²) in [5.74, 6) is 2.92. The first-order valence-corrected chi connectivity index (χ1v) is 9.60. The van der Waals surface area contributed by atoms with Crippen molar-refractivity contribution in [1.29, 1.82) is 0 Å². The van der Waals surface area contributed by atoms with Gasteiger partial charge in [-0.25, -0.2) is 4.98 Å². The summed E-state index contributed by atoms with van der Waals surface area (Å²) in [6, 6.07) is 4.87. The Bertz CT molecular complexity index is 742. The molecule has 6 heteroatoms. The predicted molar refractivity (Wildman–Crippen MR) is 96.6 cm³/mol. The van der Waals surface area contributed by atoms with Crippen LogP contribution >= 0.6 is 0 Å². The highest BCUT2D eigenvalue weighted by Gasteiger charge is 2.32. The molecule has 1 aliphatic carbocycles. The molecule has 132 valence electrons. The zero-order valence-electron chi connectivity index (χ0n) is 14.9. The second-order valence-electron chi connectivity index (χ2n) is 7.84. The van der Waals surface area contributed by atoms with Crippen LogP contribution in [0.15, 0.2) is 18.3 Å². The van der Waals surface area contributed by atoms with Crippen molar-refractivity contribution in [2.75, 3.05) is 25.0 Å². The van der Waals surface area contributed by atoms with Crippen LogP contribution in [0.5, 0.6) is 0 Å². The zero-order valence-corrected chi connectivity index (χ0v) is 14.9. The van der Waals surface area contributed by atoms with Gasteiger partial charge in [-0.05, 0) is 51.3 Å². The lowest BCUT2D eigenvalue weighted by Crippen LogP contribution is -2.58. The molecule has 1 saturated heterocycles. The number of likely N-dealkylation sites (N-methyl/N-ethyl adjacent to an activating group) is 1. The molecule has 2 aromatic rings. The Balaban J connectivity index is 1.18. The first-order chi connectivity index (χ1) is 12.3. The number of hydrogen-bond acceptors (Lipinski definition) is 5. The minimum absolute atomic E-state index is 0.571. The summed E-state index contributed by atoms with van der Waals surface area (Å²) in [6.07, 6.45) is 8.41. The molecule has 0 amide bonds. The fourth-order valence-electron chi connectivity index (χ4n) is 4.00. The number of anilines is 1. The van der Waals surface area contributed by atoms with Gasteiger partial charge in [-0.1, -0.05) is 0 Å². The molecule has 3 aliphatic rings. The molecule has 2 aromatic heterocycles. The van der Waals surface area contributed by atoms with Crippen molar-refractivity contribution in [3.63, 3.8) is 0 Å². The summed E-state index contributed by atoms with van der Waals surface area (Å²) in [7, 11) is 2.22. The van der Waals surface area contributed by atoms with Crippen LogP contribution in [-0.4, -0.2) is 50.8 Å². The smallest absolute Gasteiger partial charge is 0.151 e. The maximum absolute atomic E-state index is 4.67. The topological polar surface area (TPSA) is 50.1 Å². The number of hydrogen-bond donors (Lipinski definition) is 0. The highest BCUT2D eigenvalue weighted by Crippen LogP contribution is 2.38. The van der Waals surface area contributed by atoms with E-state index in [1.165, 1.54) is 49.3 Å². The molecule has 0 atom stereocenters. The molecule has 0 spiro atoms. The number of aryl methyl sites for hydroxylation is 1. The monoisotopic (exact) mass is 338 g/mol. The first kappa shape index (κ1) is 15.3. The molecule has 0 radical (unpaired) electrons. The Hall–Kier alpha value is -1.95. The van der Waals surface area contributed by atoms with Gasteiger partial charge in [0.25, 0.3) is 0 Å². The van der Waals surface area contributed by atoms with E-state index in [1.54, 1.807) is 0 Å². The van der Waals surface area contributed by atoms with Gasteiger partial charge >= 0.3 is 0 Å². The molecule has 0 bridgehead atoms. The lowest BCUT2D eigenvalue weighted by Gasteiger charge is -2.44. The standard InChI is InChI=1S/C19H26N6/c1-23(13-19-20-10-15-4-2-3-9-25(15)19)16-11-24(12-16)18-8-7-17(21-22-18)14-5-6-14/h7-8,10,14,16H,2-6,9,11-13H2,1H3. The fraction of sp³-hybridized carbons (Fsp3) is 0.632. The van der Waals surface area contributed by atoms with Crippen molar-refractivity contribution in [3.8, 4) is 0 Å². The van der Waals surface area contributed by atoms with Crippen molar-refractivity contribution in [2.24, 2.45) is 0 Å². The van der Waals surface area contributed by atoms with Crippen LogP contribution < -0.4 is 4.90 Å². The van der Waals surface area contributed by atoms with Crippen LogP contribution in [0.4, 0.5) is 5.82 Å². The van der Waals surface area contributed by atoms with Crippen LogP contribution in [0.25, 0.3) is 0 Å². The Morgan fingerprint density at radius 1 is 1.16 bits per heavy atom. The average molecular weight is 338 g/mol. The van der Waals surface area contributed by atoms with Crippen LogP contribution in [0, 0.1) is 0 Å². The minimum atomic E-state index is 0.571. The molecule has 25 heavy (non-hydrogen) atoms. The van der Waals surface area contributed by atoms with Crippen molar-refractivity contribution in [1.82, 2.24) is 24.6 Å². The lowest BCUT2D eigenvalue weighted by molar-refractivity contribution is 0.189. The molecule has 2 fully saturated rings. The summed E-state index contributed by atoms with van der Waals surface area (Å²) in [4.78, 5) is 9.44. The molecule has 4 heterocycles. The van der Waals surface area contributed by atoms with E-state index in [0.717, 1.165) is 32.0 Å². The van der Waals surface area contributed by atoms with Gasteiger partial charge in [0.15, 0.2) is 5.82 Å². The second kappa shape index (κ2) is 6.09. The maximum Gasteiger partial charge on any atom is 0.151 e. The van der Waals surface area contributed by atoms with E-state index in [2.05, 4.69) is 54.9 Å². The second-order valence-corrected chi connectivity index (χ2v) is 7.84. The van der Waals surface area contributed by atoms with Gasteiger partial charge in [0.1, 0.15) is 5.82 Å². The first-order valence-electron chi connectivity index (χ1n) is 9.60. The maximum atomic E-state index is 4.67. The van der Waals surface area contributed by atoms with Crippen LogP contribution in [0.2, 0.25) is 0 Å². The molecule has 5 rings (SSSR count). The van der Waals surface area contributed by atoms with Gasteiger partial charge in [0.05, 0.1) is 12.2 Å². The van der Waals surface area contributed by atoms with E-state index in [0.29, 0.717) is 12.0 Å². The Kier molecular flexibility index (Phi) is 3.73. The Morgan fingerprint density at radius 2 is 2.04 bits per heavy atom. The Morgan fingerprint density at radius 3 is 2.80 bits per heavy atom. The molecule has 0 aromatic carbocycles. The summed E-state index contributed by atoms with van der Waals surface area (Å²) < 4.78 is 2.43. The fourth-order valence-corrected chi connectivity index (χ4v) is 4.00. The predicted octanol–water partition coefficient (Wildman–Crippen LogP) is 2.21. The minimum Gasteiger partial charge on any atom is -0.352 e. The van der Waals surface area contributed by atoms with Crippen molar-refractivity contribution in [2.45, 2.75) is 57.2 Å². The highest BCUT2D eigenvalue weighted by atomic mass is 15.4. The van der Waals surface area contributed by atoms with E-state index in [9.17, 15) is 0 Å². The van der Waals surface area contributed by atoms with E-state index in [4.69, 9.17) is 0 Å². The molecule has 2 aliphatic heterocycles. The SMILES string of the molecule is CN(Cc1ncc2n1CCCC2)C1CN(c2ccc(C3CC3)nn2)C1.